The Hall–Kier alpha value is -1.56. The molecule has 2 N–H and O–H groups in total. The zero-order valence-corrected chi connectivity index (χ0v) is 11.9. The Morgan fingerprint density at radius 3 is 2.76 bits per heavy atom. The predicted molar refractivity (Wildman–Crippen MR) is 73.5 cm³/mol. The molecule has 6 heteroatoms. The minimum atomic E-state index is -4.36. The second-order valence-electron chi connectivity index (χ2n) is 5.35. The van der Waals surface area contributed by atoms with Crippen molar-refractivity contribution in [3.63, 3.8) is 0 Å². The Labute approximate surface area is 121 Å². The lowest BCUT2D eigenvalue weighted by Crippen LogP contribution is -2.52. The van der Waals surface area contributed by atoms with E-state index in [1.165, 1.54) is 6.07 Å². The van der Waals surface area contributed by atoms with Crippen LogP contribution in [0.2, 0.25) is 0 Å². The number of carbonyl (C=O) groups excluding carboxylic acids is 1. The van der Waals surface area contributed by atoms with E-state index in [1.54, 1.807) is 6.07 Å². The summed E-state index contributed by atoms with van der Waals surface area (Å²) in [4.78, 5) is 12.3. The number of benzene rings is 1. The van der Waals surface area contributed by atoms with E-state index in [0.29, 0.717) is 12.0 Å². The SMILES string of the molecule is CCC1(C(=O)NCc2cccc(C(F)(F)F)c2)CCCN1. The molecule has 1 aromatic rings. The highest BCUT2D eigenvalue weighted by atomic mass is 19.4. The van der Waals surface area contributed by atoms with Crippen molar-refractivity contribution in [1.29, 1.82) is 0 Å². The van der Waals surface area contributed by atoms with Gasteiger partial charge in [-0.25, -0.2) is 0 Å². The number of nitrogens with one attached hydrogen (secondary N) is 2. The largest absolute Gasteiger partial charge is 0.416 e. The summed E-state index contributed by atoms with van der Waals surface area (Å²) in [7, 11) is 0. The lowest BCUT2D eigenvalue weighted by atomic mass is 9.93. The summed E-state index contributed by atoms with van der Waals surface area (Å²) in [6, 6.07) is 5.03. The van der Waals surface area contributed by atoms with E-state index < -0.39 is 17.3 Å². The van der Waals surface area contributed by atoms with Gasteiger partial charge in [0.15, 0.2) is 0 Å². The number of hydrogen-bond acceptors (Lipinski definition) is 2. The molecule has 0 bridgehead atoms. The predicted octanol–water partition coefficient (Wildman–Crippen LogP) is 2.85. The second-order valence-corrected chi connectivity index (χ2v) is 5.35. The van der Waals surface area contributed by atoms with Gasteiger partial charge >= 0.3 is 6.18 Å². The summed E-state index contributed by atoms with van der Waals surface area (Å²) in [6.07, 6.45) is -2.00. The van der Waals surface area contributed by atoms with E-state index in [9.17, 15) is 18.0 Å². The number of rotatable bonds is 4. The van der Waals surface area contributed by atoms with Gasteiger partial charge in [0.1, 0.15) is 0 Å². The number of hydrogen-bond donors (Lipinski definition) is 2. The molecule has 1 saturated heterocycles. The van der Waals surface area contributed by atoms with Crippen molar-refractivity contribution in [1.82, 2.24) is 10.6 Å². The van der Waals surface area contributed by atoms with Crippen LogP contribution in [-0.4, -0.2) is 18.0 Å². The lowest BCUT2D eigenvalue weighted by Gasteiger charge is -2.26. The van der Waals surface area contributed by atoms with Crippen LogP contribution in [0.3, 0.4) is 0 Å². The van der Waals surface area contributed by atoms with E-state index in [4.69, 9.17) is 0 Å². The number of amides is 1. The fourth-order valence-electron chi connectivity index (χ4n) is 2.67. The lowest BCUT2D eigenvalue weighted by molar-refractivity contribution is -0.137. The molecule has 116 valence electrons. The molecule has 0 spiro atoms. The van der Waals surface area contributed by atoms with Crippen LogP contribution < -0.4 is 10.6 Å². The molecule has 1 unspecified atom stereocenters. The average Bonchev–Trinajstić information content (AvgIpc) is 2.94. The number of halogens is 3. The van der Waals surface area contributed by atoms with Crippen molar-refractivity contribution in [3.05, 3.63) is 35.4 Å². The topological polar surface area (TPSA) is 41.1 Å². The van der Waals surface area contributed by atoms with E-state index >= 15 is 0 Å². The van der Waals surface area contributed by atoms with E-state index in [-0.39, 0.29) is 12.5 Å². The standard InChI is InChI=1S/C15H19F3N2O/c1-2-14(7-4-8-20-14)13(21)19-10-11-5-3-6-12(9-11)15(16,17)18/h3,5-6,9,20H,2,4,7-8,10H2,1H3,(H,19,21). The first-order valence-electron chi connectivity index (χ1n) is 7.07. The maximum absolute atomic E-state index is 12.6. The van der Waals surface area contributed by atoms with Crippen molar-refractivity contribution in [2.75, 3.05) is 6.54 Å². The maximum Gasteiger partial charge on any atom is 0.416 e. The Morgan fingerprint density at radius 1 is 1.43 bits per heavy atom. The number of alkyl halides is 3. The second kappa shape index (κ2) is 6.05. The molecule has 0 aliphatic carbocycles. The highest BCUT2D eigenvalue weighted by Crippen LogP contribution is 2.29. The van der Waals surface area contributed by atoms with Crippen LogP contribution in [0.25, 0.3) is 0 Å². The van der Waals surface area contributed by atoms with Crippen molar-refractivity contribution in [2.24, 2.45) is 0 Å². The van der Waals surface area contributed by atoms with Gasteiger partial charge in [-0.3, -0.25) is 4.79 Å². The van der Waals surface area contributed by atoms with Crippen LogP contribution in [0.1, 0.15) is 37.3 Å². The molecule has 2 rings (SSSR count). The molecule has 0 aromatic heterocycles. The van der Waals surface area contributed by atoms with Crippen molar-refractivity contribution < 1.29 is 18.0 Å². The van der Waals surface area contributed by atoms with Crippen LogP contribution in [0.4, 0.5) is 13.2 Å². The minimum Gasteiger partial charge on any atom is -0.350 e. The third-order valence-corrected chi connectivity index (χ3v) is 3.99. The molecular weight excluding hydrogens is 281 g/mol. The first-order chi connectivity index (χ1) is 9.87. The van der Waals surface area contributed by atoms with Crippen LogP contribution in [0.15, 0.2) is 24.3 Å². The van der Waals surface area contributed by atoms with Gasteiger partial charge in [0.2, 0.25) is 5.91 Å². The molecule has 1 aliphatic heterocycles. The molecule has 3 nitrogen and oxygen atoms in total. The summed E-state index contributed by atoms with van der Waals surface area (Å²) in [5.74, 6) is -0.139. The normalized spacial score (nSPS) is 22.3. The molecule has 1 aliphatic rings. The highest BCUT2D eigenvalue weighted by molar-refractivity contribution is 5.86. The smallest absolute Gasteiger partial charge is 0.350 e. The monoisotopic (exact) mass is 300 g/mol. The fraction of sp³-hybridized carbons (Fsp3) is 0.533. The summed E-state index contributed by atoms with van der Waals surface area (Å²) in [5.41, 5.74) is -0.817. The summed E-state index contributed by atoms with van der Waals surface area (Å²) in [6.45, 7) is 2.83. The summed E-state index contributed by atoms with van der Waals surface area (Å²) >= 11 is 0. The van der Waals surface area contributed by atoms with Gasteiger partial charge in [0.05, 0.1) is 11.1 Å². The molecular formula is C15H19F3N2O. The molecule has 1 fully saturated rings. The van der Waals surface area contributed by atoms with Gasteiger partial charge in [0, 0.05) is 6.54 Å². The molecule has 1 atom stereocenters. The first-order valence-corrected chi connectivity index (χ1v) is 7.07. The summed E-state index contributed by atoms with van der Waals surface area (Å²) in [5, 5.41) is 5.94. The highest BCUT2D eigenvalue weighted by Gasteiger charge is 2.38. The zero-order valence-electron chi connectivity index (χ0n) is 11.9. The van der Waals surface area contributed by atoms with Crippen LogP contribution in [-0.2, 0) is 17.5 Å². The van der Waals surface area contributed by atoms with Crippen LogP contribution in [0.5, 0.6) is 0 Å². The summed E-state index contributed by atoms with van der Waals surface area (Å²) < 4.78 is 37.9. The van der Waals surface area contributed by atoms with Crippen LogP contribution >= 0.6 is 0 Å². The number of carbonyl (C=O) groups is 1. The van der Waals surface area contributed by atoms with Gasteiger partial charge in [-0.05, 0) is 43.5 Å². The van der Waals surface area contributed by atoms with Gasteiger partial charge in [-0.2, -0.15) is 13.2 Å². The third-order valence-electron chi connectivity index (χ3n) is 3.99. The van der Waals surface area contributed by atoms with Crippen molar-refractivity contribution >= 4 is 5.91 Å². The third kappa shape index (κ3) is 3.56. The van der Waals surface area contributed by atoms with Crippen molar-refractivity contribution in [3.8, 4) is 0 Å². The Balaban J connectivity index is 2.01. The molecule has 1 heterocycles. The quantitative estimate of drug-likeness (QED) is 0.898. The fourth-order valence-corrected chi connectivity index (χ4v) is 2.67. The van der Waals surface area contributed by atoms with Gasteiger partial charge in [0.25, 0.3) is 0 Å². The van der Waals surface area contributed by atoms with E-state index in [2.05, 4.69) is 10.6 Å². The van der Waals surface area contributed by atoms with Gasteiger partial charge in [-0.1, -0.05) is 19.1 Å². The molecule has 0 saturated carbocycles. The molecule has 1 amide bonds. The molecule has 0 radical (unpaired) electrons. The minimum absolute atomic E-state index is 0.103. The Bertz CT molecular complexity index is 508. The maximum atomic E-state index is 12.6. The van der Waals surface area contributed by atoms with E-state index in [1.807, 2.05) is 6.92 Å². The Morgan fingerprint density at radius 2 is 2.19 bits per heavy atom. The van der Waals surface area contributed by atoms with E-state index in [0.717, 1.165) is 31.5 Å². The zero-order chi connectivity index (χ0) is 15.5. The average molecular weight is 300 g/mol. The van der Waals surface area contributed by atoms with Crippen molar-refractivity contribution in [2.45, 2.75) is 44.4 Å². The molecule has 1 aromatic carbocycles. The molecule has 21 heavy (non-hydrogen) atoms. The van der Waals surface area contributed by atoms with Crippen LogP contribution in [0, 0.1) is 0 Å². The van der Waals surface area contributed by atoms with Gasteiger partial charge in [-0.15, -0.1) is 0 Å². The van der Waals surface area contributed by atoms with Gasteiger partial charge < -0.3 is 10.6 Å². The Kier molecular flexibility index (Phi) is 4.56. The first kappa shape index (κ1) is 15.8.